The number of benzene rings is 2. The van der Waals surface area contributed by atoms with Gasteiger partial charge in [-0.1, -0.05) is 58.7 Å². The summed E-state index contributed by atoms with van der Waals surface area (Å²) in [6.45, 7) is 5.17. The second-order valence-corrected chi connectivity index (χ2v) is 6.10. The lowest BCUT2D eigenvalue weighted by molar-refractivity contribution is 0.399. The van der Waals surface area contributed by atoms with Gasteiger partial charge in [0, 0.05) is 16.1 Å². The highest BCUT2D eigenvalue weighted by molar-refractivity contribution is 9.10. The summed E-state index contributed by atoms with van der Waals surface area (Å²) in [6.07, 6.45) is 0.951. The quantitative estimate of drug-likeness (QED) is 0.820. The lowest BCUT2D eigenvalue weighted by atomic mass is 9.97. The van der Waals surface area contributed by atoms with Crippen LogP contribution in [0, 0.1) is 6.92 Å². The maximum absolute atomic E-state index is 5.54. The molecule has 112 valence electrons. The highest BCUT2D eigenvalue weighted by Gasteiger charge is 2.16. The molecular formula is C18H22BrNO. The molecule has 0 spiro atoms. The number of aryl methyl sites for hydroxylation is 1. The Morgan fingerprint density at radius 2 is 1.86 bits per heavy atom. The maximum atomic E-state index is 5.54. The van der Waals surface area contributed by atoms with Crippen molar-refractivity contribution in [1.29, 1.82) is 0 Å². The van der Waals surface area contributed by atoms with Crippen LogP contribution in [0.25, 0.3) is 0 Å². The fourth-order valence-corrected chi connectivity index (χ4v) is 2.81. The van der Waals surface area contributed by atoms with Gasteiger partial charge in [-0.3, -0.25) is 0 Å². The fraction of sp³-hybridized carbons (Fsp3) is 0.333. The van der Waals surface area contributed by atoms with Crippen LogP contribution in [0.4, 0.5) is 0 Å². The molecule has 0 amide bonds. The predicted octanol–water partition coefficient (Wildman–Crippen LogP) is 4.66. The van der Waals surface area contributed by atoms with E-state index in [1.54, 1.807) is 7.11 Å². The summed E-state index contributed by atoms with van der Waals surface area (Å²) in [7, 11) is 1.72. The lowest BCUT2D eigenvalue weighted by Crippen LogP contribution is -2.23. The zero-order chi connectivity index (χ0) is 15.2. The van der Waals surface area contributed by atoms with Gasteiger partial charge in [-0.2, -0.15) is 0 Å². The Hall–Kier alpha value is -1.32. The van der Waals surface area contributed by atoms with Crippen molar-refractivity contribution in [2.75, 3.05) is 13.7 Å². The first kappa shape index (κ1) is 16.1. The molecule has 0 saturated carbocycles. The first-order chi connectivity index (χ1) is 10.1. The molecule has 0 radical (unpaired) electrons. The Bertz CT molecular complexity index is 580. The molecule has 1 unspecified atom stereocenters. The van der Waals surface area contributed by atoms with Gasteiger partial charge in [0.15, 0.2) is 0 Å². The summed E-state index contributed by atoms with van der Waals surface area (Å²) in [5.74, 6) is 0.919. The number of methoxy groups -OCH3 is 1. The Morgan fingerprint density at radius 1 is 1.14 bits per heavy atom. The number of likely N-dealkylation sites (N-methyl/N-ethyl adjacent to an activating group) is 1. The molecule has 0 fully saturated rings. The van der Waals surface area contributed by atoms with Gasteiger partial charge in [0.05, 0.1) is 7.11 Å². The van der Waals surface area contributed by atoms with E-state index in [1.807, 2.05) is 6.07 Å². The van der Waals surface area contributed by atoms with Crippen LogP contribution in [0.3, 0.4) is 0 Å². The summed E-state index contributed by atoms with van der Waals surface area (Å²) in [4.78, 5) is 0. The summed E-state index contributed by atoms with van der Waals surface area (Å²) in [5, 5.41) is 3.56. The van der Waals surface area contributed by atoms with E-state index in [0.29, 0.717) is 0 Å². The topological polar surface area (TPSA) is 21.3 Å². The Morgan fingerprint density at radius 3 is 2.48 bits per heavy atom. The molecule has 0 aliphatic carbocycles. The Balaban J connectivity index is 2.28. The summed E-state index contributed by atoms with van der Waals surface area (Å²) in [6, 6.07) is 15.2. The standard InChI is InChI=1S/C18H22BrNO/c1-4-20-17(11-14-7-5-13(2)6-8-14)16-10-9-15(19)12-18(16)21-3/h5-10,12,17,20H,4,11H2,1-3H3. The minimum Gasteiger partial charge on any atom is -0.496 e. The van der Waals surface area contributed by atoms with Crippen molar-refractivity contribution in [3.63, 3.8) is 0 Å². The monoisotopic (exact) mass is 347 g/mol. The second-order valence-electron chi connectivity index (χ2n) is 5.19. The van der Waals surface area contributed by atoms with E-state index in [9.17, 15) is 0 Å². The molecular weight excluding hydrogens is 326 g/mol. The SMILES string of the molecule is CCNC(Cc1ccc(C)cc1)c1ccc(Br)cc1OC. The van der Waals surface area contributed by atoms with Crippen molar-refractivity contribution >= 4 is 15.9 Å². The molecule has 1 N–H and O–H groups in total. The van der Waals surface area contributed by atoms with Crippen LogP contribution in [0.15, 0.2) is 46.9 Å². The molecule has 0 heterocycles. The van der Waals surface area contributed by atoms with Crippen molar-refractivity contribution < 1.29 is 4.74 Å². The number of rotatable bonds is 6. The highest BCUT2D eigenvalue weighted by atomic mass is 79.9. The molecule has 21 heavy (non-hydrogen) atoms. The van der Waals surface area contributed by atoms with Gasteiger partial charge in [0.1, 0.15) is 5.75 Å². The fourth-order valence-electron chi connectivity index (χ4n) is 2.47. The molecule has 2 nitrogen and oxygen atoms in total. The third-order valence-electron chi connectivity index (χ3n) is 3.58. The van der Waals surface area contributed by atoms with E-state index in [4.69, 9.17) is 4.74 Å². The number of halogens is 1. The van der Waals surface area contributed by atoms with E-state index < -0.39 is 0 Å². The van der Waals surface area contributed by atoms with Crippen molar-refractivity contribution in [1.82, 2.24) is 5.32 Å². The highest BCUT2D eigenvalue weighted by Crippen LogP contribution is 2.30. The third kappa shape index (κ3) is 4.32. The van der Waals surface area contributed by atoms with Crippen LogP contribution in [-0.4, -0.2) is 13.7 Å². The lowest BCUT2D eigenvalue weighted by Gasteiger charge is -2.21. The van der Waals surface area contributed by atoms with E-state index in [1.165, 1.54) is 16.7 Å². The summed E-state index contributed by atoms with van der Waals surface area (Å²) in [5.41, 5.74) is 3.82. The van der Waals surface area contributed by atoms with Gasteiger partial charge in [-0.05, 0) is 37.6 Å². The minimum atomic E-state index is 0.251. The van der Waals surface area contributed by atoms with Gasteiger partial charge < -0.3 is 10.1 Å². The second kappa shape index (κ2) is 7.62. The van der Waals surface area contributed by atoms with Gasteiger partial charge in [-0.15, -0.1) is 0 Å². The Kier molecular flexibility index (Phi) is 5.83. The van der Waals surface area contributed by atoms with Crippen LogP contribution < -0.4 is 10.1 Å². The molecule has 0 saturated heterocycles. The largest absolute Gasteiger partial charge is 0.496 e. The Labute approximate surface area is 135 Å². The molecule has 0 bridgehead atoms. The minimum absolute atomic E-state index is 0.251. The number of hydrogen-bond donors (Lipinski definition) is 1. The zero-order valence-corrected chi connectivity index (χ0v) is 14.4. The van der Waals surface area contributed by atoms with Crippen LogP contribution in [0.2, 0.25) is 0 Å². The van der Waals surface area contributed by atoms with Crippen molar-refractivity contribution in [2.45, 2.75) is 26.3 Å². The maximum Gasteiger partial charge on any atom is 0.124 e. The first-order valence-corrected chi connectivity index (χ1v) is 8.05. The number of hydrogen-bond acceptors (Lipinski definition) is 2. The molecule has 2 aromatic carbocycles. The average Bonchev–Trinajstić information content (AvgIpc) is 2.49. The van der Waals surface area contributed by atoms with Crippen LogP contribution >= 0.6 is 15.9 Å². The molecule has 0 aliphatic rings. The number of ether oxygens (including phenoxy) is 1. The zero-order valence-electron chi connectivity index (χ0n) is 12.8. The van der Waals surface area contributed by atoms with Gasteiger partial charge in [0.25, 0.3) is 0 Å². The van der Waals surface area contributed by atoms with E-state index in [2.05, 4.69) is 71.5 Å². The smallest absolute Gasteiger partial charge is 0.124 e. The van der Waals surface area contributed by atoms with Crippen LogP contribution in [-0.2, 0) is 6.42 Å². The molecule has 3 heteroatoms. The van der Waals surface area contributed by atoms with E-state index >= 15 is 0 Å². The molecule has 2 aromatic rings. The first-order valence-electron chi connectivity index (χ1n) is 7.26. The summed E-state index contributed by atoms with van der Waals surface area (Å²) >= 11 is 3.50. The summed E-state index contributed by atoms with van der Waals surface area (Å²) < 4.78 is 6.58. The van der Waals surface area contributed by atoms with Gasteiger partial charge in [0.2, 0.25) is 0 Å². The molecule has 1 atom stereocenters. The molecule has 0 aliphatic heterocycles. The van der Waals surface area contributed by atoms with Crippen molar-refractivity contribution in [2.24, 2.45) is 0 Å². The van der Waals surface area contributed by atoms with Crippen molar-refractivity contribution in [3.8, 4) is 5.75 Å². The molecule has 2 rings (SSSR count). The van der Waals surface area contributed by atoms with Crippen LogP contribution in [0.1, 0.15) is 29.7 Å². The van der Waals surface area contributed by atoms with Crippen molar-refractivity contribution in [3.05, 3.63) is 63.6 Å². The predicted molar refractivity (Wildman–Crippen MR) is 92.0 cm³/mol. The van der Waals surface area contributed by atoms with Gasteiger partial charge in [-0.25, -0.2) is 0 Å². The average molecular weight is 348 g/mol. The molecule has 0 aromatic heterocycles. The normalized spacial score (nSPS) is 12.2. The van der Waals surface area contributed by atoms with Gasteiger partial charge >= 0.3 is 0 Å². The third-order valence-corrected chi connectivity index (χ3v) is 4.08. The van der Waals surface area contributed by atoms with E-state index in [-0.39, 0.29) is 6.04 Å². The van der Waals surface area contributed by atoms with Crippen LogP contribution in [0.5, 0.6) is 5.75 Å². The van der Waals surface area contributed by atoms with E-state index in [0.717, 1.165) is 23.2 Å². The number of nitrogens with one attached hydrogen (secondary N) is 1.